The maximum absolute atomic E-state index is 12.9. The largest absolute Gasteiger partial charge is 0.496 e. The van der Waals surface area contributed by atoms with Crippen molar-refractivity contribution in [2.24, 2.45) is 0 Å². The summed E-state index contributed by atoms with van der Waals surface area (Å²) in [4.78, 5) is 25.6. The molecule has 4 aromatic rings. The van der Waals surface area contributed by atoms with Gasteiger partial charge < -0.3 is 28.7 Å². The normalized spacial score (nSPS) is 10.6. The molecule has 0 spiro atoms. The predicted molar refractivity (Wildman–Crippen MR) is 129 cm³/mol. The Bertz CT molecular complexity index is 1410. The van der Waals surface area contributed by atoms with Crippen LogP contribution in [0.5, 0.6) is 23.0 Å². The van der Waals surface area contributed by atoms with Crippen LogP contribution in [0.15, 0.2) is 69.9 Å². The number of anilines is 1. The molecule has 1 heterocycles. The number of methoxy groups -OCH3 is 4. The molecule has 0 aliphatic carbocycles. The summed E-state index contributed by atoms with van der Waals surface area (Å²) in [5.41, 5.74) is 1.67. The molecule has 0 aliphatic heterocycles. The summed E-state index contributed by atoms with van der Waals surface area (Å²) in [5, 5.41) is 3.09. The summed E-state index contributed by atoms with van der Waals surface area (Å²) in [6.07, 6.45) is 0. The number of hydrogen-bond acceptors (Lipinski definition) is 7. The number of benzene rings is 3. The van der Waals surface area contributed by atoms with Gasteiger partial charge in [0, 0.05) is 23.4 Å². The fraction of sp³-hybridized carbons (Fsp3) is 0.154. The number of amides is 1. The Morgan fingerprint density at radius 1 is 0.794 bits per heavy atom. The SMILES string of the molecule is COc1ccccc1C(=O)Nc1ccc(-c2cc(=O)c3c(OC)c(OC)c(OC)cc3o2)cc1. The Labute approximate surface area is 195 Å². The van der Waals surface area contributed by atoms with Crippen molar-refractivity contribution in [3.8, 4) is 34.3 Å². The first-order valence-corrected chi connectivity index (χ1v) is 10.3. The minimum absolute atomic E-state index is 0.242. The van der Waals surface area contributed by atoms with E-state index in [-0.39, 0.29) is 22.5 Å². The van der Waals surface area contributed by atoms with Gasteiger partial charge in [-0.05, 0) is 36.4 Å². The molecule has 4 rings (SSSR count). The Kier molecular flexibility index (Phi) is 6.40. The molecule has 1 amide bonds. The van der Waals surface area contributed by atoms with Crippen molar-refractivity contribution in [3.63, 3.8) is 0 Å². The average molecular weight is 461 g/mol. The van der Waals surface area contributed by atoms with Crippen LogP contribution in [0, 0.1) is 0 Å². The van der Waals surface area contributed by atoms with E-state index in [1.807, 2.05) is 0 Å². The molecule has 0 fully saturated rings. The van der Waals surface area contributed by atoms with Crippen molar-refractivity contribution < 1.29 is 28.2 Å². The van der Waals surface area contributed by atoms with Crippen molar-refractivity contribution in [2.75, 3.05) is 33.8 Å². The van der Waals surface area contributed by atoms with Gasteiger partial charge in [-0.25, -0.2) is 0 Å². The van der Waals surface area contributed by atoms with Crippen LogP contribution in [0.2, 0.25) is 0 Å². The van der Waals surface area contributed by atoms with E-state index in [4.69, 9.17) is 23.4 Å². The second-order valence-corrected chi connectivity index (χ2v) is 7.23. The van der Waals surface area contributed by atoms with Gasteiger partial charge in [-0.15, -0.1) is 0 Å². The van der Waals surface area contributed by atoms with Gasteiger partial charge in [0.25, 0.3) is 5.91 Å². The number of carbonyl (C=O) groups excluding carboxylic acids is 1. The fourth-order valence-corrected chi connectivity index (χ4v) is 3.68. The predicted octanol–water partition coefficient (Wildman–Crippen LogP) is 4.75. The van der Waals surface area contributed by atoms with E-state index in [1.54, 1.807) is 54.6 Å². The quantitative estimate of drug-likeness (QED) is 0.424. The van der Waals surface area contributed by atoms with E-state index in [2.05, 4.69) is 5.32 Å². The molecule has 0 aliphatic rings. The highest BCUT2D eigenvalue weighted by Gasteiger charge is 2.21. The van der Waals surface area contributed by atoms with E-state index in [0.717, 1.165) is 0 Å². The second-order valence-electron chi connectivity index (χ2n) is 7.23. The third kappa shape index (κ3) is 4.13. The fourth-order valence-electron chi connectivity index (χ4n) is 3.68. The lowest BCUT2D eigenvalue weighted by atomic mass is 10.1. The van der Waals surface area contributed by atoms with Gasteiger partial charge in [-0.1, -0.05) is 12.1 Å². The number of para-hydroxylation sites is 1. The molecule has 0 saturated heterocycles. The molecule has 34 heavy (non-hydrogen) atoms. The smallest absolute Gasteiger partial charge is 0.259 e. The number of carbonyl (C=O) groups is 1. The topological polar surface area (TPSA) is 96.2 Å². The zero-order chi connectivity index (χ0) is 24.2. The van der Waals surface area contributed by atoms with Crippen LogP contribution >= 0.6 is 0 Å². The number of nitrogens with one attached hydrogen (secondary N) is 1. The molecular weight excluding hydrogens is 438 g/mol. The zero-order valence-electron chi connectivity index (χ0n) is 19.1. The summed E-state index contributed by atoms with van der Waals surface area (Å²) in [6, 6.07) is 16.9. The Morgan fingerprint density at radius 3 is 2.12 bits per heavy atom. The van der Waals surface area contributed by atoms with E-state index in [0.29, 0.717) is 45.4 Å². The lowest BCUT2D eigenvalue weighted by Gasteiger charge is -2.14. The van der Waals surface area contributed by atoms with Gasteiger partial charge in [-0.2, -0.15) is 0 Å². The highest BCUT2D eigenvalue weighted by molar-refractivity contribution is 6.06. The molecule has 8 nitrogen and oxygen atoms in total. The molecule has 1 N–H and O–H groups in total. The van der Waals surface area contributed by atoms with Crippen LogP contribution in [0.1, 0.15) is 10.4 Å². The number of ether oxygens (including phenoxy) is 4. The lowest BCUT2D eigenvalue weighted by molar-refractivity contribution is 0.102. The molecule has 174 valence electrons. The van der Waals surface area contributed by atoms with E-state index in [9.17, 15) is 9.59 Å². The summed E-state index contributed by atoms with van der Waals surface area (Å²) in [5.74, 6) is 1.47. The summed E-state index contributed by atoms with van der Waals surface area (Å²) >= 11 is 0. The Morgan fingerprint density at radius 2 is 1.47 bits per heavy atom. The highest BCUT2D eigenvalue weighted by Crippen LogP contribution is 2.42. The zero-order valence-corrected chi connectivity index (χ0v) is 19.1. The third-order valence-electron chi connectivity index (χ3n) is 5.30. The van der Waals surface area contributed by atoms with Crippen molar-refractivity contribution in [1.82, 2.24) is 0 Å². The molecule has 0 atom stereocenters. The molecule has 0 radical (unpaired) electrons. The van der Waals surface area contributed by atoms with E-state index in [1.165, 1.54) is 34.5 Å². The van der Waals surface area contributed by atoms with Gasteiger partial charge in [0.2, 0.25) is 5.75 Å². The van der Waals surface area contributed by atoms with E-state index >= 15 is 0 Å². The molecule has 0 unspecified atom stereocenters. The van der Waals surface area contributed by atoms with Crippen molar-refractivity contribution in [3.05, 3.63) is 76.5 Å². The Hall–Kier alpha value is -4.46. The van der Waals surface area contributed by atoms with E-state index < -0.39 is 0 Å². The van der Waals surface area contributed by atoms with Crippen molar-refractivity contribution >= 4 is 22.6 Å². The third-order valence-corrected chi connectivity index (χ3v) is 5.30. The molecular formula is C26H23NO7. The maximum atomic E-state index is 12.9. The minimum Gasteiger partial charge on any atom is -0.496 e. The lowest BCUT2D eigenvalue weighted by Crippen LogP contribution is -2.13. The van der Waals surface area contributed by atoms with Crippen LogP contribution < -0.4 is 29.7 Å². The van der Waals surface area contributed by atoms with Gasteiger partial charge >= 0.3 is 0 Å². The number of fused-ring (bicyclic) bond motifs is 1. The van der Waals surface area contributed by atoms with Crippen LogP contribution in [0.4, 0.5) is 5.69 Å². The molecule has 0 bridgehead atoms. The second kappa shape index (κ2) is 9.58. The summed E-state index contributed by atoms with van der Waals surface area (Å²) in [7, 11) is 5.92. The van der Waals surface area contributed by atoms with Crippen LogP contribution in [-0.2, 0) is 0 Å². The summed E-state index contributed by atoms with van der Waals surface area (Å²) in [6.45, 7) is 0. The van der Waals surface area contributed by atoms with Gasteiger partial charge in [0.15, 0.2) is 16.9 Å². The van der Waals surface area contributed by atoms with Gasteiger partial charge in [0.1, 0.15) is 22.5 Å². The first-order valence-electron chi connectivity index (χ1n) is 10.3. The first-order chi connectivity index (χ1) is 16.5. The van der Waals surface area contributed by atoms with Crippen LogP contribution in [0.3, 0.4) is 0 Å². The monoisotopic (exact) mass is 461 g/mol. The maximum Gasteiger partial charge on any atom is 0.259 e. The molecule has 0 saturated carbocycles. The van der Waals surface area contributed by atoms with Crippen LogP contribution in [-0.4, -0.2) is 34.3 Å². The van der Waals surface area contributed by atoms with Gasteiger partial charge in [0.05, 0.1) is 34.0 Å². The van der Waals surface area contributed by atoms with Crippen LogP contribution in [0.25, 0.3) is 22.3 Å². The van der Waals surface area contributed by atoms with Gasteiger partial charge in [-0.3, -0.25) is 9.59 Å². The molecule has 8 heteroatoms. The standard InChI is InChI=1S/C26H23NO7/c1-30-19-8-6-5-7-17(19)26(29)27-16-11-9-15(10-12-16)20-13-18(28)23-21(34-20)14-22(31-2)24(32-3)25(23)33-4/h5-14H,1-4H3,(H,27,29). The number of hydrogen-bond donors (Lipinski definition) is 1. The minimum atomic E-state index is -0.296. The van der Waals surface area contributed by atoms with Crippen molar-refractivity contribution in [1.29, 1.82) is 0 Å². The average Bonchev–Trinajstić information content (AvgIpc) is 2.87. The summed E-state index contributed by atoms with van der Waals surface area (Å²) < 4.78 is 27.4. The molecule has 3 aromatic carbocycles. The molecule has 1 aromatic heterocycles. The van der Waals surface area contributed by atoms with Crippen molar-refractivity contribution in [2.45, 2.75) is 0 Å². The highest BCUT2D eigenvalue weighted by atomic mass is 16.5. The first kappa shape index (κ1) is 22.7. The number of rotatable bonds is 7. The Balaban J connectivity index is 1.67.